The van der Waals surface area contributed by atoms with Gasteiger partial charge in [-0.1, -0.05) is 23.7 Å². The summed E-state index contributed by atoms with van der Waals surface area (Å²) < 4.78 is 38.0. The molecule has 3 rings (SSSR count). The first-order valence-corrected chi connectivity index (χ1v) is 9.20. The summed E-state index contributed by atoms with van der Waals surface area (Å²) in [6.07, 6.45) is -1.53. The number of alkyl halides is 3. The highest BCUT2D eigenvalue weighted by atomic mass is 35.5. The maximum atomic E-state index is 12.7. The summed E-state index contributed by atoms with van der Waals surface area (Å²) in [6.45, 7) is 1.67. The molecule has 0 fully saturated rings. The van der Waals surface area contributed by atoms with Crippen molar-refractivity contribution < 1.29 is 23.1 Å². The topological polar surface area (TPSA) is 50.2 Å². The molecule has 0 unspecified atom stereocenters. The first kappa shape index (κ1) is 20.1. The lowest BCUT2D eigenvalue weighted by Gasteiger charge is -2.06. The quantitative estimate of drug-likeness (QED) is 0.390. The number of ketones is 1. The van der Waals surface area contributed by atoms with Gasteiger partial charge in [-0.25, -0.2) is 4.98 Å². The molecule has 0 spiro atoms. The van der Waals surface area contributed by atoms with Crippen LogP contribution in [-0.2, 0) is 6.18 Å². The summed E-state index contributed by atoms with van der Waals surface area (Å²) in [7, 11) is 0. The number of benzene rings is 2. The summed E-state index contributed by atoms with van der Waals surface area (Å²) in [5.74, 6) is -0.273. The standard InChI is InChI=1S/C20H13ClF3NO2S/c1-11-18(17(27)9-5-12-4-8-15(26)10-16(12)21)28-19(25-11)13-2-6-14(7-3-13)20(22,23)24/h2-10,26H,1H3/b9-5+. The Kier molecular flexibility index (Phi) is 5.58. The molecule has 1 heterocycles. The minimum Gasteiger partial charge on any atom is -0.508 e. The number of phenols is 1. The molecule has 0 aliphatic carbocycles. The van der Waals surface area contributed by atoms with E-state index in [4.69, 9.17) is 11.6 Å². The lowest BCUT2D eigenvalue weighted by Crippen LogP contribution is -2.03. The Morgan fingerprint density at radius 3 is 2.46 bits per heavy atom. The van der Waals surface area contributed by atoms with Crippen LogP contribution in [0.1, 0.15) is 26.5 Å². The molecule has 28 heavy (non-hydrogen) atoms. The zero-order valence-electron chi connectivity index (χ0n) is 14.4. The van der Waals surface area contributed by atoms with Crippen molar-refractivity contribution in [1.82, 2.24) is 4.98 Å². The smallest absolute Gasteiger partial charge is 0.416 e. The molecule has 3 aromatic rings. The second-order valence-corrected chi connectivity index (χ2v) is 7.32. The number of nitrogens with zero attached hydrogens (tertiary/aromatic N) is 1. The van der Waals surface area contributed by atoms with Gasteiger partial charge in [-0.3, -0.25) is 4.79 Å². The molecule has 0 saturated carbocycles. The van der Waals surface area contributed by atoms with Crippen molar-refractivity contribution in [2.45, 2.75) is 13.1 Å². The second kappa shape index (κ2) is 7.77. The third-order valence-corrected chi connectivity index (χ3v) is 5.43. The number of phenolic OH excluding ortho intramolecular Hbond substituents is 1. The van der Waals surface area contributed by atoms with Crippen LogP contribution in [-0.4, -0.2) is 15.9 Å². The number of carbonyl (C=O) groups excluding carboxylic acids is 1. The first-order chi connectivity index (χ1) is 13.1. The van der Waals surface area contributed by atoms with Crippen molar-refractivity contribution in [3.05, 3.63) is 75.3 Å². The summed E-state index contributed by atoms with van der Waals surface area (Å²) in [5, 5.41) is 10.1. The Balaban J connectivity index is 1.83. The zero-order valence-corrected chi connectivity index (χ0v) is 16.0. The molecule has 8 heteroatoms. The molecule has 0 aliphatic rings. The molecule has 0 bridgehead atoms. The first-order valence-electron chi connectivity index (χ1n) is 8.01. The molecule has 1 N–H and O–H groups in total. The van der Waals surface area contributed by atoms with Crippen LogP contribution in [0, 0.1) is 6.92 Å². The van der Waals surface area contributed by atoms with Crippen LogP contribution in [0.4, 0.5) is 13.2 Å². The van der Waals surface area contributed by atoms with E-state index in [-0.39, 0.29) is 11.5 Å². The summed E-state index contributed by atoms with van der Waals surface area (Å²) in [5.41, 5.74) is 0.824. The number of halogens is 4. The molecular weight excluding hydrogens is 411 g/mol. The normalized spacial score (nSPS) is 11.9. The molecule has 1 aromatic heterocycles. The Labute approximate surface area is 167 Å². The van der Waals surface area contributed by atoms with E-state index < -0.39 is 11.7 Å². The van der Waals surface area contributed by atoms with E-state index in [1.165, 1.54) is 36.4 Å². The van der Waals surface area contributed by atoms with Crippen molar-refractivity contribution in [3.8, 4) is 16.3 Å². The Morgan fingerprint density at radius 1 is 1.18 bits per heavy atom. The van der Waals surface area contributed by atoms with E-state index in [0.717, 1.165) is 23.5 Å². The number of hydrogen-bond acceptors (Lipinski definition) is 4. The van der Waals surface area contributed by atoms with Crippen molar-refractivity contribution in [1.29, 1.82) is 0 Å². The highest BCUT2D eigenvalue weighted by Gasteiger charge is 2.30. The van der Waals surface area contributed by atoms with Gasteiger partial charge < -0.3 is 5.11 Å². The summed E-state index contributed by atoms with van der Waals surface area (Å²) in [6, 6.07) is 9.04. The number of aromatic hydroxyl groups is 1. The maximum absolute atomic E-state index is 12.7. The molecule has 0 aliphatic heterocycles. The Bertz CT molecular complexity index is 1060. The number of allylic oxidation sites excluding steroid dienone is 1. The number of aromatic nitrogens is 1. The van der Waals surface area contributed by atoms with E-state index in [1.807, 2.05) is 0 Å². The molecule has 0 radical (unpaired) electrons. The minimum atomic E-state index is -4.40. The second-order valence-electron chi connectivity index (χ2n) is 5.91. The number of aryl methyl sites for hydroxylation is 1. The summed E-state index contributed by atoms with van der Waals surface area (Å²) in [4.78, 5) is 17.2. The van der Waals surface area contributed by atoms with Crippen LogP contribution in [0.5, 0.6) is 5.75 Å². The summed E-state index contributed by atoms with van der Waals surface area (Å²) >= 11 is 7.12. The lowest BCUT2D eigenvalue weighted by molar-refractivity contribution is -0.137. The van der Waals surface area contributed by atoms with Crippen LogP contribution in [0.15, 0.2) is 48.5 Å². The molecule has 0 amide bonds. The van der Waals surface area contributed by atoms with Crippen molar-refractivity contribution in [2.24, 2.45) is 0 Å². The van der Waals surface area contributed by atoms with Crippen LogP contribution in [0.25, 0.3) is 16.6 Å². The van der Waals surface area contributed by atoms with E-state index in [0.29, 0.717) is 31.7 Å². The molecule has 0 saturated heterocycles. The molecule has 0 atom stereocenters. The van der Waals surface area contributed by atoms with Gasteiger partial charge in [-0.15, -0.1) is 11.3 Å². The molecular formula is C20H13ClF3NO2S. The van der Waals surface area contributed by atoms with Gasteiger partial charge in [-0.2, -0.15) is 13.2 Å². The Hall–Kier alpha value is -2.64. The predicted octanol–water partition coefficient (Wildman–Crippen LogP) is 6.39. The van der Waals surface area contributed by atoms with Gasteiger partial charge in [0.05, 0.1) is 21.2 Å². The SMILES string of the molecule is Cc1nc(-c2ccc(C(F)(F)F)cc2)sc1C(=O)/C=C/c1ccc(O)cc1Cl. The van der Waals surface area contributed by atoms with E-state index in [9.17, 15) is 23.1 Å². The van der Waals surface area contributed by atoms with Gasteiger partial charge in [0, 0.05) is 5.56 Å². The van der Waals surface area contributed by atoms with Crippen LogP contribution >= 0.6 is 22.9 Å². The van der Waals surface area contributed by atoms with Crippen molar-refractivity contribution in [3.63, 3.8) is 0 Å². The maximum Gasteiger partial charge on any atom is 0.416 e. The number of rotatable bonds is 4. The van der Waals surface area contributed by atoms with Gasteiger partial charge in [0.1, 0.15) is 10.8 Å². The average Bonchev–Trinajstić information content (AvgIpc) is 3.02. The number of thiazole rings is 1. The fourth-order valence-electron chi connectivity index (χ4n) is 2.44. The highest BCUT2D eigenvalue weighted by Crippen LogP contribution is 2.33. The monoisotopic (exact) mass is 423 g/mol. The minimum absolute atomic E-state index is 0.0213. The largest absolute Gasteiger partial charge is 0.508 e. The molecule has 3 nitrogen and oxygen atoms in total. The fraction of sp³-hybridized carbons (Fsp3) is 0.100. The van der Waals surface area contributed by atoms with E-state index in [1.54, 1.807) is 13.0 Å². The predicted molar refractivity (Wildman–Crippen MR) is 104 cm³/mol. The van der Waals surface area contributed by atoms with E-state index in [2.05, 4.69) is 4.98 Å². The fourth-order valence-corrected chi connectivity index (χ4v) is 3.67. The van der Waals surface area contributed by atoms with Crippen LogP contribution in [0.3, 0.4) is 0 Å². The van der Waals surface area contributed by atoms with Crippen molar-refractivity contribution in [2.75, 3.05) is 0 Å². The van der Waals surface area contributed by atoms with Crippen LogP contribution < -0.4 is 0 Å². The third kappa shape index (κ3) is 4.43. The van der Waals surface area contributed by atoms with Gasteiger partial charge in [-0.05, 0) is 55.0 Å². The van der Waals surface area contributed by atoms with Gasteiger partial charge >= 0.3 is 6.18 Å². The van der Waals surface area contributed by atoms with E-state index >= 15 is 0 Å². The molecule has 2 aromatic carbocycles. The number of hydrogen-bond donors (Lipinski definition) is 1. The van der Waals surface area contributed by atoms with Crippen LogP contribution in [0.2, 0.25) is 5.02 Å². The van der Waals surface area contributed by atoms with Crippen molar-refractivity contribution >= 4 is 34.8 Å². The third-order valence-electron chi connectivity index (χ3n) is 3.88. The number of carbonyl (C=O) groups is 1. The van der Waals surface area contributed by atoms with Gasteiger partial charge in [0.25, 0.3) is 0 Å². The Morgan fingerprint density at radius 2 is 1.86 bits per heavy atom. The zero-order chi connectivity index (χ0) is 20.5. The highest BCUT2D eigenvalue weighted by molar-refractivity contribution is 7.17. The molecule has 144 valence electrons. The lowest BCUT2D eigenvalue weighted by atomic mass is 10.1. The van der Waals surface area contributed by atoms with Gasteiger partial charge in [0.15, 0.2) is 5.78 Å². The van der Waals surface area contributed by atoms with Gasteiger partial charge in [0.2, 0.25) is 0 Å². The average molecular weight is 424 g/mol.